The summed E-state index contributed by atoms with van der Waals surface area (Å²) in [6, 6.07) is 0. The van der Waals surface area contributed by atoms with Crippen molar-refractivity contribution in [1.29, 1.82) is 0 Å². The van der Waals surface area contributed by atoms with Crippen molar-refractivity contribution < 1.29 is 28.6 Å². The summed E-state index contributed by atoms with van der Waals surface area (Å²) in [7, 11) is 0. The van der Waals surface area contributed by atoms with E-state index < -0.39 is 6.10 Å². The van der Waals surface area contributed by atoms with Gasteiger partial charge in [0, 0.05) is 19.3 Å². The van der Waals surface area contributed by atoms with Gasteiger partial charge in [-0.3, -0.25) is 14.4 Å². The van der Waals surface area contributed by atoms with Gasteiger partial charge in [0.05, 0.1) is 0 Å². The van der Waals surface area contributed by atoms with E-state index >= 15 is 0 Å². The SMILES string of the molecule is CC/C=C\C/C=C\C/C=C\C/C=C\C/C=C\C/C=C\CCCCCCC(=O)OCC(COC(=O)CCCCCCCCCCC)OC(=O)CCCCCCCCCCCCCCCCCC. The second kappa shape index (κ2) is 54.5. The van der Waals surface area contributed by atoms with Gasteiger partial charge in [-0.15, -0.1) is 0 Å². The minimum Gasteiger partial charge on any atom is -0.462 e. The Morgan fingerprint density at radius 2 is 0.591 bits per heavy atom. The fourth-order valence-electron chi connectivity index (χ4n) is 7.80. The van der Waals surface area contributed by atoms with Crippen LogP contribution in [0.2, 0.25) is 0 Å². The Morgan fingerprint density at radius 3 is 0.924 bits per heavy atom. The lowest BCUT2D eigenvalue weighted by Crippen LogP contribution is -2.30. The molecule has 0 spiro atoms. The van der Waals surface area contributed by atoms with Crippen LogP contribution < -0.4 is 0 Å². The van der Waals surface area contributed by atoms with Gasteiger partial charge in [-0.05, 0) is 70.6 Å². The molecule has 1 atom stereocenters. The van der Waals surface area contributed by atoms with Gasteiger partial charge in [-0.2, -0.15) is 0 Å². The fraction of sp³-hybridized carbons (Fsp3) is 0.750. The third-order valence-electron chi connectivity index (χ3n) is 12.0. The Labute approximate surface area is 408 Å². The zero-order valence-corrected chi connectivity index (χ0v) is 43.4. The van der Waals surface area contributed by atoms with Crippen LogP contribution in [0, 0.1) is 0 Å². The minimum atomic E-state index is -0.782. The van der Waals surface area contributed by atoms with E-state index in [-0.39, 0.29) is 31.1 Å². The van der Waals surface area contributed by atoms with Crippen LogP contribution in [0.25, 0.3) is 0 Å². The molecule has 0 fully saturated rings. The average Bonchev–Trinajstić information content (AvgIpc) is 3.31. The third kappa shape index (κ3) is 51.8. The summed E-state index contributed by atoms with van der Waals surface area (Å²) in [6.07, 6.45) is 68.9. The van der Waals surface area contributed by atoms with Crippen LogP contribution >= 0.6 is 0 Å². The predicted molar refractivity (Wildman–Crippen MR) is 284 cm³/mol. The van der Waals surface area contributed by atoms with Crippen molar-refractivity contribution in [2.24, 2.45) is 0 Å². The number of allylic oxidation sites excluding steroid dienone is 12. The van der Waals surface area contributed by atoms with Crippen molar-refractivity contribution in [1.82, 2.24) is 0 Å². The molecule has 1 unspecified atom stereocenters. The number of carbonyl (C=O) groups is 3. The number of hydrogen-bond acceptors (Lipinski definition) is 6. The molecule has 0 aliphatic heterocycles. The molecule has 0 N–H and O–H groups in total. The zero-order chi connectivity index (χ0) is 47.9. The largest absolute Gasteiger partial charge is 0.462 e. The van der Waals surface area contributed by atoms with Gasteiger partial charge in [-0.25, -0.2) is 0 Å². The number of rotatable bonds is 50. The lowest BCUT2D eigenvalue weighted by atomic mass is 10.0. The van der Waals surface area contributed by atoms with Crippen LogP contribution in [-0.4, -0.2) is 37.2 Å². The van der Waals surface area contributed by atoms with Gasteiger partial charge in [-0.1, -0.05) is 254 Å². The molecular formula is C60H104O6. The maximum Gasteiger partial charge on any atom is 0.306 e. The molecule has 0 heterocycles. The Kier molecular flexibility index (Phi) is 51.9. The highest BCUT2D eigenvalue weighted by Gasteiger charge is 2.19. The third-order valence-corrected chi connectivity index (χ3v) is 12.0. The van der Waals surface area contributed by atoms with Crippen LogP contribution in [0.5, 0.6) is 0 Å². The molecule has 0 rings (SSSR count). The number of ether oxygens (including phenoxy) is 3. The predicted octanol–water partition coefficient (Wildman–Crippen LogP) is 18.6. The summed E-state index contributed by atoms with van der Waals surface area (Å²) >= 11 is 0. The summed E-state index contributed by atoms with van der Waals surface area (Å²) in [4.78, 5) is 38.0. The highest BCUT2D eigenvalue weighted by molar-refractivity contribution is 5.71. The van der Waals surface area contributed by atoms with Gasteiger partial charge in [0.25, 0.3) is 0 Å². The zero-order valence-electron chi connectivity index (χ0n) is 43.4. The van der Waals surface area contributed by atoms with Crippen molar-refractivity contribution >= 4 is 17.9 Å². The first-order valence-corrected chi connectivity index (χ1v) is 27.9. The van der Waals surface area contributed by atoms with Crippen LogP contribution in [0.4, 0.5) is 0 Å². The molecule has 66 heavy (non-hydrogen) atoms. The normalized spacial score (nSPS) is 12.6. The number of hydrogen-bond donors (Lipinski definition) is 0. The van der Waals surface area contributed by atoms with E-state index in [1.54, 1.807) is 0 Å². The number of esters is 3. The molecule has 0 radical (unpaired) electrons. The standard InChI is InChI=1S/C60H104O6/c1-4-7-10-13-16-19-21-23-25-27-28-29-30-31-32-33-35-36-38-41-44-47-50-53-59(62)65-56-57(55-64-58(61)52-49-46-43-40-18-15-12-9-6-3)66-60(63)54-51-48-45-42-39-37-34-26-24-22-20-17-14-11-8-5-2/h7,10,16,19,23,25,28-29,31-32,35-36,57H,4-6,8-9,11-15,17-18,20-22,24,26-27,30,33-34,37-56H2,1-3H3/b10-7-,19-16-,25-23-,29-28-,32-31-,36-35-. The molecule has 380 valence electrons. The molecule has 0 aromatic rings. The van der Waals surface area contributed by atoms with Gasteiger partial charge >= 0.3 is 17.9 Å². The second-order valence-corrected chi connectivity index (χ2v) is 18.5. The fourth-order valence-corrected chi connectivity index (χ4v) is 7.80. The van der Waals surface area contributed by atoms with Gasteiger partial charge in [0.1, 0.15) is 13.2 Å². The maximum atomic E-state index is 12.8. The van der Waals surface area contributed by atoms with E-state index in [9.17, 15) is 14.4 Å². The molecule has 6 nitrogen and oxygen atoms in total. The summed E-state index contributed by atoms with van der Waals surface area (Å²) in [5.41, 5.74) is 0. The average molecular weight is 921 g/mol. The van der Waals surface area contributed by atoms with Crippen LogP contribution in [0.15, 0.2) is 72.9 Å². The summed E-state index contributed by atoms with van der Waals surface area (Å²) in [5.74, 6) is -0.901. The first-order valence-electron chi connectivity index (χ1n) is 27.9. The van der Waals surface area contributed by atoms with Crippen molar-refractivity contribution in [3.63, 3.8) is 0 Å². The van der Waals surface area contributed by atoms with E-state index in [2.05, 4.69) is 93.7 Å². The number of carbonyl (C=O) groups excluding carboxylic acids is 3. The highest BCUT2D eigenvalue weighted by Crippen LogP contribution is 2.16. The van der Waals surface area contributed by atoms with Gasteiger partial charge < -0.3 is 14.2 Å². The molecule has 0 bridgehead atoms. The highest BCUT2D eigenvalue weighted by atomic mass is 16.6. The Hall–Kier alpha value is -3.15. The number of unbranched alkanes of at least 4 members (excludes halogenated alkanes) is 27. The van der Waals surface area contributed by atoms with E-state index in [1.807, 2.05) is 0 Å². The molecule has 6 heteroatoms. The van der Waals surface area contributed by atoms with E-state index in [1.165, 1.54) is 122 Å². The molecule has 0 amide bonds. The van der Waals surface area contributed by atoms with Crippen molar-refractivity contribution in [3.8, 4) is 0 Å². The molecule has 0 aliphatic rings. The molecule has 0 aromatic carbocycles. The lowest BCUT2D eigenvalue weighted by molar-refractivity contribution is -0.167. The van der Waals surface area contributed by atoms with Gasteiger partial charge in [0.15, 0.2) is 6.10 Å². The first kappa shape index (κ1) is 62.8. The van der Waals surface area contributed by atoms with Crippen LogP contribution in [-0.2, 0) is 28.6 Å². The van der Waals surface area contributed by atoms with E-state index in [0.717, 1.165) is 109 Å². The molecular weight excluding hydrogens is 817 g/mol. The first-order chi connectivity index (χ1) is 32.5. The van der Waals surface area contributed by atoms with Crippen molar-refractivity contribution in [2.45, 2.75) is 277 Å². The minimum absolute atomic E-state index is 0.0805. The van der Waals surface area contributed by atoms with Crippen molar-refractivity contribution in [2.75, 3.05) is 13.2 Å². The van der Waals surface area contributed by atoms with Crippen LogP contribution in [0.3, 0.4) is 0 Å². The Bertz CT molecular complexity index is 1240. The van der Waals surface area contributed by atoms with Gasteiger partial charge in [0.2, 0.25) is 0 Å². The topological polar surface area (TPSA) is 78.9 Å². The summed E-state index contributed by atoms with van der Waals surface area (Å²) in [5, 5.41) is 0. The summed E-state index contributed by atoms with van der Waals surface area (Å²) < 4.78 is 16.8. The van der Waals surface area contributed by atoms with Crippen LogP contribution in [0.1, 0.15) is 271 Å². The Morgan fingerprint density at radius 1 is 0.318 bits per heavy atom. The Balaban J connectivity index is 4.32. The van der Waals surface area contributed by atoms with Crippen molar-refractivity contribution in [3.05, 3.63) is 72.9 Å². The summed E-state index contributed by atoms with van der Waals surface area (Å²) in [6.45, 7) is 6.50. The molecule has 0 aliphatic carbocycles. The van der Waals surface area contributed by atoms with E-state index in [4.69, 9.17) is 14.2 Å². The monoisotopic (exact) mass is 921 g/mol. The molecule has 0 aromatic heterocycles. The quantitative estimate of drug-likeness (QED) is 0.0262. The maximum absolute atomic E-state index is 12.8. The lowest BCUT2D eigenvalue weighted by Gasteiger charge is -2.18. The molecule has 0 saturated carbocycles. The molecule has 0 saturated heterocycles. The smallest absolute Gasteiger partial charge is 0.306 e. The second-order valence-electron chi connectivity index (χ2n) is 18.5. The van der Waals surface area contributed by atoms with E-state index in [0.29, 0.717) is 19.3 Å².